The second-order valence-electron chi connectivity index (χ2n) is 6.02. The van der Waals surface area contributed by atoms with Gasteiger partial charge in [0, 0.05) is 35.2 Å². The fourth-order valence-corrected chi connectivity index (χ4v) is 3.11. The zero-order valence-electron chi connectivity index (χ0n) is 14.9. The number of hydrogen-bond donors (Lipinski definition) is 0. The summed E-state index contributed by atoms with van der Waals surface area (Å²) in [4.78, 5) is 17.1. The molecule has 1 aliphatic rings. The van der Waals surface area contributed by atoms with Gasteiger partial charge in [0.25, 0.3) is 5.91 Å². The lowest BCUT2D eigenvalue weighted by Crippen LogP contribution is -2.26. The lowest BCUT2D eigenvalue weighted by molar-refractivity contribution is -0.192. The fraction of sp³-hybridized carbons (Fsp3) is 0.250. The third kappa shape index (κ3) is 5.02. The summed E-state index contributed by atoms with van der Waals surface area (Å²) >= 11 is 12.2. The monoisotopic (exact) mass is 407 g/mol. The summed E-state index contributed by atoms with van der Waals surface area (Å²) in [6.45, 7) is 0. The lowest BCUT2D eigenvalue weighted by Gasteiger charge is -2.33. The van der Waals surface area contributed by atoms with Crippen LogP contribution in [0, 0.1) is 0 Å². The highest BCUT2D eigenvalue weighted by Crippen LogP contribution is 2.40. The van der Waals surface area contributed by atoms with Crippen molar-refractivity contribution in [3.8, 4) is 0 Å². The van der Waals surface area contributed by atoms with E-state index in [1.165, 1.54) is 20.2 Å². The van der Waals surface area contributed by atoms with Crippen LogP contribution in [0.1, 0.15) is 29.9 Å². The van der Waals surface area contributed by atoms with Gasteiger partial charge in [-0.1, -0.05) is 47.5 Å². The molecule has 3 rings (SSSR count). The number of benzene rings is 2. The van der Waals surface area contributed by atoms with Gasteiger partial charge in [-0.3, -0.25) is 9.63 Å². The highest BCUT2D eigenvalue weighted by atomic mass is 35.5. The van der Waals surface area contributed by atoms with Crippen molar-refractivity contribution in [2.45, 2.75) is 18.8 Å². The molecule has 0 bridgehead atoms. The SMILES string of the molecule is CON(C)C(=O)/C=C1\C[C@@H](c2cccc(Cl)c2)O[C@@H](c2cccc(Cl)c2)O1. The number of rotatable bonds is 4. The largest absolute Gasteiger partial charge is 0.465 e. The Balaban J connectivity index is 1.93. The Hall–Kier alpha value is -2.05. The first kappa shape index (κ1) is 19.7. The van der Waals surface area contributed by atoms with Crippen molar-refractivity contribution in [1.29, 1.82) is 0 Å². The molecule has 7 heteroatoms. The average molecular weight is 408 g/mol. The number of likely N-dealkylation sites (N-methyl/N-ethyl adjacent to an activating group) is 1. The van der Waals surface area contributed by atoms with Crippen LogP contribution in [0.5, 0.6) is 0 Å². The standard InChI is InChI=1S/C20H19Cl2NO4/c1-23(25-2)19(24)12-17-11-18(13-5-3-7-15(21)9-13)27-20(26-17)14-6-4-8-16(22)10-14/h3-10,12,18,20H,11H2,1-2H3/b17-12+/t18-,20-/m0/s1. The van der Waals surface area contributed by atoms with Gasteiger partial charge in [-0.2, -0.15) is 0 Å². The molecular weight excluding hydrogens is 389 g/mol. The topological polar surface area (TPSA) is 48.0 Å². The van der Waals surface area contributed by atoms with E-state index in [2.05, 4.69) is 0 Å². The van der Waals surface area contributed by atoms with Gasteiger partial charge in [-0.25, -0.2) is 5.06 Å². The number of ether oxygens (including phenoxy) is 2. The third-order valence-corrected chi connectivity index (χ3v) is 4.61. The molecule has 2 atom stereocenters. The highest BCUT2D eigenvalue weighted by molar-refractivity contribution is 6.30. The summed E-state index contributed by atoms with van der Waals surface area (Å²) < 4.78 is 12.0. The van der Waals surface area contributed by atoms with Gasteiger partial charge >= 0.3 is 0 Å². The van der Waals surface area contributed by atoms with Gasteiger partial charge in [-0.15, -0.1) is 0 Å². The molecule has 0 aromatic heterocycles. The van der Waals surface area contributed by atoms with Crippen molar-refractivity contribution in [3.63, 3.8) is 0 Å². The average Bonchev–Trinajstić information content (AvgIpc) is 2.67. The van der Waals surface area contributed by atoms with E-state index in [0.29, 0.717) is 22.2 Å². The zero-order valence-corrected chi connectivity index (χ0v) is 16.4. The molecule has 1 heterocycles. The van der Waals surface area contributed by atoms with Crippen LogP contribution in [0.15, 0.2) is 60.4 Å². The van der Waals surface area contributed by atoms with E-state index in [1.807, 2.05) is 30.3 Å². The van der Waals surface area contributed by atoms with Crippen LogP contribution in [0.2, 0.25) is 10.0 Å². The molecule has 0 N–H and O–H groups in total. The Morgan fingerprint density at radius 2 is 1.78 bits per heavy atom. The number of amides is 1. The van der Waals surface area contributed by atoms with Crippen molar-refractivity contribution in [2.75, 3.05) is 14.2 Å². The summed E-state index contributed by atoms with van der Waals surface area (Å²) in [7, 11) is 2.95. The molecule has 27 heavy (non-hydrogen) atoms. The lowest BCUT2D eigenvalue weighted by atomic mass is 10.0. The Labute approximate surface area is 168 Å². The Morgan fingerprint density at radius 1 is 1.15 bits per heavy atom. The van der Waals surface area contributed by atoms with E-state index in [4.69, 9.17) is 37.5 Å². The molecule has 2 aromatic rings. The number of hydroxylamine groups is 2. The minimum absolute atomic E-state index is 0.326. The Bertz CT molecular complexity index is 800. The van der Waals surface area contributed by atoms with E-state index in [0.717, 1.165) is 16.2 Å². The maximum absolute atomic E-state index is 12.2. The normalized spacial score (nSPS) is 21.0. The van der Waals surface area contributed by atoms with Crippen LogP contribution in [0.25, 0.3) is 0 Å². The minimum atomic E-state index is -0.701. The van der Waals surface area contributed by atoms with Crippen LogP contribution in [-0.4, -0.2) is 25.1 Å². The minimum Gasteiger partial charge on any atom is -0.465 e. The first-order valence-corrected chi connectivity index (χ1v) is 9.07. The number of hydrogen-bond acceptors (Lipinski definition) is 4. The molecule has 0 unspecified atom stereocenters. The molecule has 0 radical (unpaired) electrons. The fourth-order valence-electron chi connectivity index (χ4n) is 2.71. The van der Waals surface area contributed by atoms with Crippen LogP contribution >= 0.6 is 23.2 Å². The van der Waals surface area contributed by atoms with E-state index in [-0.39, 0.29) is 12.0 Å². The summed E-state index contributed by atoms with van der Waals surface area (Å²) in [5.74, 6) is 0.161. The maximum Gasteiger partial charge on any atom is 0.273 e. The van der Waals surface area contributed by atoms with Crippen LogP contribution in [0.4, 0.5) is 0 Å². The molecular formula is C20H19Cl2NO4. The summed E-state index contributed by atoms with van der Waals surface area (Å²) in [5.41, 5.74) is 1.66. The van der Waals surface area contributed by atoms with Gasteiger partial charge in [0.05, 0.1) is 13.2 Å². The molecule has 0 saturated carbocycles. The smallest absolute Gasteiger partial charge is 0.273 e. The van der Waals surface area contributed by atoms with Gasteiger partial charge in [-0.05, 0) is 29.8 Å². The number of halogens is 2. The van der Waals surface area contributed by atoms with Crippen molar-refractivity contribution in [3.05, 3.63) is 81.5 Å². The maximum atomic E-state index is 12.2. The molecule has 142 valence electrons. The van der Waals surface area contributed by atoms with Gasteiger partial charge < -0.3 is 9.47 Å². The van der Waals surface area contributed by atoms with Crippen LogP contribution in [-0.2, 0) is 19.1 Å². The Kier molecular flexibility index (Phi) is 6.39. The van der Waals surface area contributed by atoms with E-state index >= 15 is 0 Å². The summed E-state index contributed by atoms with van der Waals surface area (Å²) in [6.07, 6.45) is 0.767. The van der Waals surface area contributed by atoms with Crippen LogP contribution in [0.3, 0.4) is 0 Å². The van der Waals surface area contributed by atoms with Crippen molar-refractivity contribution in [1.82, 2.24) is 5.06 Å². The molecule has 1 fully saturated rings. The predicted molar refractivity (Wildman–Crippen MR) is 103 cm³/mol. The second kappa shape index (κ2) is 8.76. The van der Waals surface area contributed by atoms with Gasteiger partial charge in [0.2, 0.25) is 6.29 Å². The van der Waals surface area contributed by atoms with Crippen molar-refractivity contribution >= 4 is 29.1 Å². The predicted octanol–water partition coefficient (Wildman–Crippen LogP) is 5.07. The van der Waals surface area contributed by atoms with Crippen molar-refractivity contribution in [2.24, 2.45) is 0 Å². The molecule has 1 saturated heterocycles. The first-order chi connectivity index (χ1) is 13.0. The van der Waals surface area contributed by atoms with Crippen LogP contribution < -0.4 is 0 Å². The number of carbonyl (C=O) groups is 1. The molecule has 5 nitrogen and oxygen atoms in total. The van der Waals surface area contributed by atoms with Crippen molar-refractivity contribution < 1.29 is 19.1 Å². The second-order valence-corrected chi connectivity index (χ2v) is 6.89. The van der Waals surface area contributed by atoms with Gasteiger partial charge in [0.1, 0.15) is 5.76 Å². The zero-order chi connectivity index (χ0) is 19.4. The molecule has 0 aliphatic carbocycles. The van der Waals surface area contributed by atoms with E-state index in [9.17, 15) is 4.79 Å². The van der Waals surface area contributed by atoms with E-state index < -0.39 is 6.29 Å². The third-order valence-electron chi connectivity index (χ3n) is 4.14. The summed E-state index contributed by atoms with van der Waals surface area (Å²) in [6, 6.07) is 14.7. The first-order valence-electron chi connectivity index (χ1n) is 8.31. The quantitative estimate of drug-likeness (QED) is 0.523. The number of nitrogens with zero attached hydrogens (tertiary/aromatic N) is 1. The highest BCUT2D eigenvalue weighted by Gasteiger charge is 2.30. The van der Waals surface area contributed by atoms with Gasteiger partial charge in [0.15, 0.2) is 0 Å². The Morgan fingerprint density at radius 3 is 2.41 bits per heavy atom. The molecule has 1 amide bonds. The molecule has 2 aromatic carbocycles. The molecule has 1 aliphatic heterocycles. The summed E-state index contributed by atoms with van der Waals surface area (Å²) in [5, 5.41) is 2.31. The molecule has 0 spiro atoms. The van der Waals surface area contributed by atoms with E-state index in [1.54, 1.807) is 18.2 Å². The number of carbonyl (C=O) groups excluding carboxylic acids is 1.